The maximum Gasteiger partial charge on any atom is 0.321 e. The van der Waals surface area contributed by atoms with Crippen LogP contribution in [-0.2, 0) is 20.4 Å². The van der Waals surface area contributed by atoms with Crippen LogP contribution in [0.25, 0.3) is 0 Å². The second-order valence-electron chi connectivity index (χ2n) is 12.1. The number of amides is 3. The fourth-order valence-electron chi connectivity index (χ4n) is 7.04. The average Bonchev–Trinajstić information content (AvgIpc) is 3.11. The lowest BCUT2D eigenvalue weighted by Gasteiger charge is -2.51. The minimum atomic E-state index is -3.26. The van der Waals surface area contributed by atoms with Gasteiger partial charge >= 0.3 is 6.03 Å². The van der Waals surface area contributed by atoms with Crippen molar-refractivity contribution in [1.82, 2.24) is 23.9 Å². The number of nitrogens with zero attached hydrogens (tertiary/aromatic N) is 5. The highest BCUT2D eigenvalue weighted by atomic mass is 32.2. The molecular weight excluding hydrogens is 502 g/mol. The second kappa shape index (κ2) is 10.4. The van der Waals surface area contributed by atoms with Gasteiger partial charge in [-0.05, 0) is 64.1 Å². The Balaban J connectivity index is 1.30. The van der Waals surface area contributed by atoms with Gasteiger partial charge in [0.15, 0.2) is 0 Å². The molecule has 1 spiro atoms. The molecule has 3 amide bonds. The Hall–Kier alpha value is -2.17. The van der Waals surface area contributed by atoms with Crippen molar-refractivity contribution in [2.75, 3.05) is 66.2 Å². The average molecular weight is 546 g/mol. The third-order valence-electron chi connectivity index (χ3n) is 9.79. The van der Waals surface area contributed by atoms with Crippen molar-refractivity contribution in [1.29, 1.82) is 0 Å². The summed E-state index contributed by atoms with van der Waals surface area (Å²) in [5.74, 6) is 0.472. The quantitative estimate of drug-likeness (QED) is 0.526. The zero-order chi connectivity index (χ0) is 27.1. The summed E-state index contributed by atoms with van der Waals surface area (Å²) in [6, 6.07) is 10.7. The molecule has 0 N–H and O–H groups in total. The normalized spacial score (nSPS) is 29.4. The molecular formula is C28H43N5O4S. The zero-order valence-corrected chi connectivity index (χ0v) is 24.0. The predicted molar refractivity (Wildman–Crippen MR) is 147 cm³/mol. The highest BCUT2D eigenvalue weighted by Gasteiger charge is 2.55. The SMILES string of the molecule is CN(C)C1(c2ccccc2)CCC2(CC1)CN(CC(=O)N1CCN(S(C)(=O)=O)CC1)C(=O)N2CC1CCC1. The molecule has 0 aromatic heterocycles. The summed E-state index contributed by atoms with van der Waals surface area (Å²) in [4.78, 5) is 35.0. The number of carbonyl (C=O) groups is 2. The number of urea groups is 1. The van der Waals surface area contributed by atoms with E-state index in [0.29, 0.717) is 38.6 Å². The summed E-state index contributed by atoms with van der Waals surface area (Å²) >= 11 is 0. The van der Waals surface area contributed by atoms with Crippen LogP contribution in [0.5, 0.6) is 0 Å². The zero-order valence-electron chi connectivity index (χ0n) is 23.1. The number of benzene rings is 1. The molecule has 0 bridgehead atoms. The largest absolute Gasteiger partial charge is 0.339 e. The van der Waals surface area contributed by atoms with Crippen molar-refractivity contribution in [2.45, 2.75) is 56.0 Å². The number of piperazine rings is 1. The number of hydrogen-bond acceptors (Lipinski definition) is 5. The van der Waals surface area contributed by atoms with Crippen LogP contribution >= 0.6 is 0 Å². The number of hydrogen-bond donors (Lipinski definition) is 0. The third kappa shape index (κ3) is 5.07. The Morgan fingerprint density at radius 1 is 1.00 bits per heavy atom. The molecule has 210 valence electrons. The van der Waals surface area contributed by atoms with Gasteiger partial charge in [-0.25, -0.2) is 13.2 Å². The van der Waals surface area contributed by atoms with E-state index in [1.807, 2.05) is 0 Å². The highest BCUT2D eigenvalue weighted by molar-refractivity contribution is 7.88. The molecule has 4 fully saturated rings. The molecule has 0 atom stereocenters. The smallest absolute Gasteiger partial charge is 0.321 e. The minimum absolute atomic E-state index is 0.00270. The first kappa shape index (κ1) is 27.4. The lowest BCUT2D eigenvalue weighted by Crippen LogP contribution is -2.56. The maximum absolute atomic E-state index is 13.8. The van der Waals surface area contributed by atoms with E-state index in [0.717, 1.165) is 32.2 Å². The van der Waals surface area contributed by atoms with E-state index in [4.69, 9.17) is 0 Å². The van der Waals surface area contributed by atoms with E-state index in [-0.39, 0.29) is 29.6 Å². The van der Waals surface area contributed by atoms with Gasteiger partial charge in [-0.1, -0.05) is 36.8 Å². The second-order valence-corrected chi connectivity index (χ2v) is 14.1. The number of carbonyl (C=O) groups excluding carboxylic acids is 2. The van der Waals surface area contributed by atoms with Gasteiger partial charge in [0, 0.05) is 44.8 Å². The van der Waals surface area contributed by atoms with Gasteiger partial charge in [0.05, 0.1) is 11.8 Å². The summed E-state index contributed by atoms with van der Waals surface area (Å²) in [7, 11) is 1.06. The molecule has 9 nitrogen and oxygen atoms in total. The van der Waals surface area contributed by atoms with Crippen molar-refractivity contribution in [3.8, 4) is 0 Å². The van der Waals surface area contributed by atoms with E-state index in [9.17, 15) is 18.0 Å². The molecule has 1 aromatic carbocycles. The van der Waals surface area contributed by atoms with Gasteiger partial charge in [-0.15, -0.1) is 0 Å². The monoisotopic (exact) mass is 545 g/mol. The molecule has 2 aliphatic heterocycles. The summed E-state index contributed by atoms with van der Waals surface area (Å²) in [5.41, 5.74) is 1.03. The molecule has 0 unspecified atom stereocenters. The third-order valence-corrected chi connectivity index (χ3v) is 11.1. The Morgan fingerprint density at radius 3 is 2.16 bits per heavy atom. The Labute approximate surface area is 227 Å². The van der Waals surface area contributed by atoms with Crippen molar-refractivity contribution >= 4 is 22.0 Å². The summed E-state index contributed by atoms with van der Waals surface area (Å²) in [6.45, 7) is 2.80. The Bertz CT molecular complexity index is 1120. The van der Waals surface area contributed by atoms with Gasteiger partial charge in [0.1, 0.15) is 6.54 Å². The van der Waals surface area contributed by atoms with Crippen LogP contribution < -0.4 is 0 Å². The lowest BCUT2D eigenvalue weighted by atomic mass is 9.68. The lowest BCUT2D eigenvalue weighted by molar-refractivity contribution is -0.132. The fraction of sp³-hybridized carbons (Fsp3) is 0.714. The van der Waals surface area contributed by atoms with Gasteiger partial charge in [-0.2, -0.15) is 4.31 Å². The number of rotatable bonds is 7. The van der Waals surface area contributed by atoms with Crippen LogP contribution in [0.3, 0.4) is 0 Å². The molecule has 38 heavy (non-hydrogen) atoms. The van der Waals surface area contributed by atoms with Crippen LogP contribution in [0.4, 0.5) is 4.79 Å². The molecule has 4 aliphatic rings. The topological polar surface area (TPSA) is 84.5 Å². The Morgan fingerprint density at radius 2 is 1.63 bits per heavy atom. The van der Waals surface area contributed by atoms with E-state index in [1.165, 1.54) is 35.4 Å². The van der Waals surface area contributed by atoms with Gasteiger partial charge in [0.25, 0.3) is 0 Å². The predicted octanol–water partition coefficient (Wildman–Crippen LogP) is 2.40. The first-order valence-corrected chi connectivity index (χ1v) is 15.9. The standard InChI is InChI=1S/C28H43N5O4S/c1-29(2)28(24-10-5-4-6-11-24)14-12-27(13-15-28)22-31(26(35)33(27)20-23-8-7-9-23)21-25(34)30-16-18-32(19-17-30)38(3,36)37/h4-6,10-11,23H,7-9,12-22H2,1-3H3. The first-order chi connectivity index (χ1) is 18.0. The van der Waals surface area contributed by atoms with E-state index in [1.54, 1.807) is 9.80 Å². The molecule has 0 radical (unpaired) electrons. The maximum atomic E-state index is 13.8. The van der Waals surface area contributed by atoms with Crippen LogP contribution in [0, 0.1) is 5.92 Å². The van der Waals surface area contributed by atoms with Crippen LogP contribution in [0.1, 0.15) is 50.5 Å². The van der Waals surface area contributed by atoms with Crippen molar-refractivity contribution < 1.29 is 18.0 Å². The molecule has 2 saturated heterocycles. The number of sulfonamides is 1. The highest BCUT2D eigenvalue weighted by Crippen LogP contribution is 2.49. The van der Waals surface area contributed by atoms with Gasteiger partial charge in [0.2, 0.25) is 15.9 Å². The molecule has 2 saturated carbocycles. The molecule has 2 heterocycles. The van der Waals surface area contributed by atoms with E-state index >= 15 is 0 Å². The molecule has 5 rings (SSSR count). The van der Waals surface area contributed by atoms with Crippen molar-refractivity contribution in [3.63, 3.8) is 0 Å². The fourth-order valence-corrected chi connectivity index (χ4v) is 7.87. The van der Waals surface area contributed by atoms with Crippen molar-refractivity contribution in [3.05, 3.63) is 35.9 Å². The molecule has 10 heteroatoms. The summed E-state index contributed by atoms with van der Waals surface area (Å²) in [6.07, 6.45) is 8.55. The summed E-state index contributed by atoms with van der Waals surface area (Å²) in [5, 5.41) is 0. The minimum Gasteiger partial charge on any atom is -0.339 e. The molecule has 1 aromatic rings. The van der Waals surface area contributed by atoms with Gasteiger partial charge < -0.3 is 14.7 Å². The van der Waals surface area contributed by atoms with Crippen LogP contribution in [0.15, 0.2) is 30.3 Å². The Kier molecular flexibility index (Phi) is 7.52. The van der Waals surface area contributed by atoms with Gasteiger partial charge in [-0.3, -0.25) is 9.69 Å². The molecule has 2 aliphatic carbocycles. The van der Waals surface area contributed by atoms with Crippen molar-refractivity contribution in [2.24, 2.45) is 5.92 Å². The van der Waals surface area contributed by atoms with Crippen LogP contribution in [-0.4, -0.2) is 116 Å². The summed E-state index contributed by atoms with van der Waals surface area (Å²) < 4.78 is 25.1. The van der Waals surface area contributed by atoms with E-state index < -0.39 is 10.0 Å². The van der Waals surface area contributed by atoms with E-state index in [2.05, 4.69) is 54.2 Å². The first-order valence-electron chi connectivity index (χ1n) is 14.1. The van der Waals surface area contributed by atoms with Crippen LogP contribution in [0.2, 0.25) is 0 Å².